The second-order valence-electron chi connectivity index (χ2n) is 7.99. The van der Waals surface area contributed by atoms with Crippen LogP contribution in [0, 0.1) is 12.8 Å². The normalized spacial score (nSPS) is 14.0. The first-order valence-corrected chi connectivity index (χ1v) is 11.1. The Labute approximate surface area is 185 Å². The maximum absolute atomic E-state index is 12.2. The number of methoxy groups -OCH3 is 1. The quantitative estimate of drug-likeness (QED) is 0.421. The highest BCUT2D eigenvalue weighted by molar-refractivity contribution is 5.93. The number of ether oxygens (including phenoxy) is 1. The monoisotopic (exact) mass is 422 g/mol. The fourth-order valence-electron chi connectivity index (χ4n) is 3.52. The molecule has 0 unspecified atom stereocenters. The number of hydrogen-bond donors (Lipinski definition) is 3. The van der Waals surface area contributed by atoms with Gasteiger partial charge in [-0.1, -0.05) is 30.7 Å². The van der Waals surface area contributed by atoms with Gasteiger partial charge in [0.1, 0.15) is 5.75 Å². The van der Waals surface area contributed by atoms with Crippen molar-refractivity contribution >= 4 is 17.6 Å². The maximum Gasteiger partial charge on any atom is 0.227 e. The van der Waals surface area contributed by atoms with E-state index in [-0.39, 0.29) is 11.8 Å². The van der Waals surface area contributed by atoms with Crippen molar-refractivity contribution in [2.75, 3.05) is 25.5 Å². The summed E-state index contributed by atoms with van der Waals surface area (Å²) in [5, 5.41) is 9.72. The molecule has 31 heavy (non-hydrogen) atoms. The highest BCUT2D eigenvalue weighted by atomic mass is 16.5. The molecule has 0 radical (unpaired) electrons. The Bertz CT molecular complexity index is 906. The lowest BCUT2D eigenvalue weighted by Gasteiger charge is -2.24. The van der Waals surface area contributed by atoms with E-state index in [1.807, 2.05) is 31.2 Å². The first-order valence-electron chi connectivity index (χ1n) is 11.1. The van der Waals surface area contributed by atoms with E-state index >= 15 is 0 Å². The number of benzene rings is 2. The zero-order chi connectivity index (χ0) is 22.1. The van der Waals surface area contributed by atoms with Gasteiger partial charge in [-0.2, -0.15) is 0 Å². The van der Waals surface area contributed by atoms with Gasteiger partial charge in [0.15, 0.2) is 5.96 Å². The molecule has 0 heterocycles. The topological polar surface area (TPSA) is 74.8 Å². The van der Waals surface area contributed by atoms with Crippen LogP contribution in [0.25, 0.3) is 0 Å². The van der Waals surface area contributed by atoms with E-state index in [1.165, 1.54) is 5.56 Å². The Morgan fingerprint density at radius 2 is 1.97 bits per heavy atom. The summed E-state index contributed by atoms with van der Waals surface area (Å²) in [5.41, 5.74) is 4.27. The van der Waals surface area contributed by atoms with Gasteiger partial charge in [-0.3, -0.25) is 4.79 Å². The van der Waals surface area contributed by atoms with E-state index in [1.54, 1.807) is 7.11 Å². The van der Waals surface area contributed by atoms with Crippen LogP contribution in [0.1, 0.15) is 42.9 Å². The lowest BCUT2D eigenvalue weighted by Crippen LogP contribution is -2.38. The fourth-order valence-corrected chi connectivity index (χ4v) is 3.52. The number of carbonyl (C=O) groups is 1. The van der Waals surface area contributed by atoms with Crippen molar-refractivity contribution < 1.29 is 9.53 Å². The minimum atomic E-state index is 0.134. The van der Waals surface area contributed by atoms with Crippen LogP contribution >= 0.6 is 0 Å². The second-order valence-corrected chi connectivity index (χ2v) is 7.99. The summed E-state index contributed by atoms with van der Waals surface area (Å²) in [5.74, 6) is 2.02. The third-order valence-corrected chi connectivity index (χ3v) is 5.61. The number of anilines is 1. The van der Waals surface area contributed by atoms with Gasteiger partial charge < -0.3 is 20.7 Å². The average Bonchev–Trinajstić information content (AvgIpc) is 2.72. The number of rotatable bonds is 9. The number of aliphatic imine (C=N–C) groups is 1. The van der Waals surface area contributed by atoms with E-state index in [2.05, 4.69) is 41.1 Å². The minimum Gasteiger partial charge on any atom is -0.496 e. The van der Waals surface area contributed by atoms with Gasteiger partial charge in [0.05, 0.1) is 13.7 Å². The Balaban J connectivity index is 1.54. The SMILES string of the molecule is CCNC(=NCc1cccc(NC(=O)C2CCC2)c1)NCCc1ccc(C)c(OC)c1. The number of hydrogen-bond acceptors (Lipinski definition) is 3. The summed E-state index contributed by atoms with van der Waals surface area (Å²) in [4.78, 5) is 16.9. The van der Waals surface area contributed by atoms with Crippen molar-refractivity contribution in [2.45, 2.75) is 46.1 Å². The molecule has 2 aromatic carbocycles. The summed E-state index contributed by atoms with van der Waals surface area (Å²) < 4.78 is 5.41. The molecule has 1 saturated carbocycles. The molecular formula is C25H34N4O2. The molecule has 0 atom stereocenters. The van der Waals surface area contributed by atoms with Crippen LogP contribution in [0.4, 0.5) is 5.69 Å². The summed E-state index contributed by atoms with van der Waals surface area (Å²) >= 11 is 0. The molecule has 6 nitrogen and oxygen atoms in total. The number of nitrogens with zero attached hydrogens (tertiary/aromatic N) is 1. The lowest BCUT2D eigenvalue weighted by atomic mass is 9.85. The molecule has 0 spiro atoms. The van der Waals surface area contributed by atoms with Crippen LogP contribution in [-0.2, 0) is 17.8 Å². The molecular weight excluding hydrogens is 388 g/mol. The van der Waals surface area contributed by atoms with Gasteiger partial charge in [-0.15, -0.1) is 0 Å². The first-order chi connectivity index (χ1) is 15.1. The zero-order valence-electron chi connectivity index (χ0n) is 18.8. The molecule has 1 aliphatic rings. The van der Waals surface area contributed by atoms with Gasteiger partial charge in [0, 0.05) is 24.7 Å². The molecule has 3 rings (SSSR count). The summed E-state index contributed by atoms with van der Waals surface area (Å²) in [7, 11) is 1.70. The first kappa shape index (κ1) is 22.7. The Morgan fingerprint density at radius 1 is 1.13 bits per heavy atom. The van der Waals surface area contributed by atoms with Crippen LogP contribution in [-0.4, -0.2) is 32.1 Å². The van der Waals surface area contributed by atoms with Crippen LogP contribution in [0.5, 0.6) is 5.75 Å². The molecule has 3 N–H and O–H groups in total. The Kier molecular flexibility index (Phi) is 8.33. The number of amides is 1. The third kappa shape index (κ3) is 6.74. The van der Waals surface area contributed by atoms with Gasteiger partial charge in [0.2, 0.25) is 5.91 Å². The van der Waals surface area contributed by atoms with Crippen molar-refractivity contribution in [2.24, 2.45) is 10.9 Å². The van der Waals surface area contributed by atoms with Gasteiger partial charge in [0.25, 0.3) is 0 Å². The standard InChI is InChI=1S/C25H34N4O2/c1-4-26-25(27-14-13-19-12-11-18(2)23(16-19)31-3)28-17-20-7-5-10-22(15-20)29-24(30)21-8-6-9-21/h5,7,10-12,15-16,21H,4,6,8-9,13-14,17H2,1-3H3,(H,29,30)(H2,26,27,28). The van der Waals surface area contributed by atoms with Crippen LogP contribution in [0.15, 0.2) is 47.5 Å². The molecule has 1 amide bonds. The van der Waals surface area contributed by atoms with Gasteiger partial charge >= 0.3 is 0 Å². The smallest absolute Gasteiger partial charge is 0.227 e. The molecule has 0 aliphatic heterocycles. The van der Waals surface area contributed by atoms with Crippen LogP contribution in [0.2, 0.25) is 0 Å². The maximum atomic E-state index is 12.2. The van der Waals surface area contributed by atoms with E-state index in [0.29, 0.717) is 6.54 Å². The summed E-state index contributed by atoms with van der Waals surface area (Å²) in [6, 6.07) is 14.2. The number of carbonyl (C=O) groups excluding carboxylic acids is 1. The van der Waals surface area contributed by atoms with Crippen LogP contribution < -0.4 is 20.7 Å². The predicted octanol–water partition coefficient (Wildman–Crippen LogP) is 4.04. The lowest BCUT2D eigenvalue weighted by molar-refractivity contribution is -0.122. The third-order valence-electron chi connectivity index (χ3n) is 5.61. The highest BCUT2D eigenvalue weighted by Crippen LogP contribution is 2.27. The zero-order valence-corrected chi connectivity index (χ0v) is 18.8. The average molecular weight is 423 g/mol. The van der Waals surface area contributed by atoms with Crippen molar-refractivity contribution in [1.82, 2.24) is 10.6 Å². The van der Waals surface area contributed by atoms with Gasteiger partial charge in [-0.25, -0.2) is 4.99 Å². The van der Waals surface area contributed by atoms with E-state index in [0.717, 1.165) is 67.3 Å². The molecule has 1 fully saturated rings. The van der Waals surface area contributed by atoms with E-state index in [9.17, 15) is 4.79 Å². The van der Waals surface area contributed by atoms with E-state index in [4.69, 9.17) is 9.73 Å². The summed E-state index contributed by atoms with van der Waals surface area (Å²) in [6.45, 7) is 6.21. The van der Waals surface area contributed by atoms with Crippen molar-refractivity contribution in [3.63, 3.8) is 0 Å². The van der Waals surface area contributed by atoms with Crippen molar-refractivity contribution in [3.05, 3.63) is 59.2 Å². The molecule has 0 saturated heterocycles. The Morgan fingerprint density at radius 3 is 2.68 bits per heavy atom. The van der Waals surface area contributed by atoms with E-state index < -0.39 is 0 Å². The molecule has 2 aromatic rings. The predicted molar refractivity (Wildman–Crippen MR) is 127 cm³/mol. The highest BCUT2D eigenvalue weighted by Gasteiger charge is 2.25. The van der Waals surface area contributed by atoms with Crippen molar-refractivity contribution in [3.8, 4) is 5.75 Å². The summed E-state index contributed by atoms with van der Waals surface area (Å²) in [6.07, 6.45) is 4.04. The number of guanidine groups is 1. The largest absolute Gasteiger partial charge is 0.496 e. The second kappa shape index (κ2) is 11.4. The number of aryl methyl sites for hydroxylation is 1. The number of nitrogens with one attached hydrogen (secondary N) is 3. The molecule has 0 bridgehead atoms. The molecule has 0 aromatic heterocycles. The fraction of sp³-hybridized carbons (Fsp3) is 0.440. The molecule has 6 heteroatoms. The Hall–Kier alpha value is -3.02. The molecule has 166 valence electrons. The van der Waals surface area contributed by atoms with Crippen molar-refractivity contribution in [1.29, 1.82) is 0 Å². The van der Waals surface area contributed by atoms with Crippen LogP contribution in [0.3, 0.4) is 0 Å². The minimum absolute atomic E-state index is 0.134. The molecule has 1 aliphatic carbocycles. The van der Waals surface area contributed by atoms with Gasteiger partial charge in [-0.05, 0) is 68.0 Å².